The lowest BCUT2D eigenvalue weighted by atomic mass is 9.84. The molecule has 3 rings (SSSR count). The van der Waals surface area contributed by atoms with Crippen LogP contribution in [0.3, 0.4) is 0 Å². The van der Waals surface area contributed by atoms with E-state index in [9.17, 15) is 0 Å². The van der Waals surface area contributed by atoms with E-state index in [1.807, 2.05) is 0 Å². The van der Waals surface area contributed by atoms with Crippen molar-refractivity contribution in [2.75, 3.05) is 0 Å². The zero-order valence-corrected chi connectivity index (χ0v) is 8.14. The van der Waals surface area contributed by atoms with Crippen LogP contribution < -0.4 is 5.73 Å². The normalized spacial score (nSPS) is 39.2. The van der Waals surface area contributed by atoms with E-state index in [0.29, 0.717) is 23.8 Å². The number of fused-ring (bicyclic) bond motifs is 2. The van der Waals surface area contributed by atoms with Gasteiger partial charge in [0, 0.05) is 12.0 Å². The fraction of sp³-hybridized carbons (Fsp3) is 0.385. The van der Waals surface area contributed by atoms with Crippen LogP contribution in [0, 0.1) is 11.8 Å². The Balaban J connectivity index is 1.97. The van der Waals surface area contributed by atoms with Gasteiger partial charge in [-0.1, -0.05) is 42.5 Å². The summed E-state index contributed by atoms with van der Waals surface area (Å²) in [4.78, 5) is 0. The average Bonchev–Trinajstić information content (AvgIpc) is 2.79. The van der Waals surface area contributed by atoms with Crippen LogP contribution in [0.4, 0.5) is 0 Å². The average molecular weight is 185 g/mol. The number of hydrogen-bond donors (Lipinski definition) is 1. The highest BCUT2D eigenvalue weighted by Gasteiger charge is 2.42. The first kappa shape index (κ1) is 8.25. The summed E-state index contributed by atoms with van der Waals surface area (Å²) >= 11 is 0. The van der Waals surface area contributed by atoms with Gasteiger partial charge >= 0.3 is 0 Å². The minimum absolute atomic E-state index is 0.340. The van der Waals surface area contributed by atoms with Crippen LogP contribution in [0.1, 0.15) is 17.9 Å². The van der Waals surface area contributed by atoms with Crippen molar-refractivity contribution in [3.8, 4) is 0 Å². The van der Waals surface area contributed by atoms with E-state index in [-0.39, 0.29) is 0 Å². The highest BCUT2D eigenvalue weighted by molar-refractivity contribution is 5.30. The number of hydrogen-bond acceptors (Lipinski definition) is 1. The number of rotatable bonds is 1. The van der Waals surface area contributed by atoms with Gasteiger partial charge in [-0.25, -0.2) is 0 Å². The second kappa shape index (κ2) is 2.96. The monoisotopic (exact) mass is 185 g/mol. The third-order valence-corrected chi connectivity index (χ3v) is 3.70. The van der Waals surface area contributed by atoms with Crippen LogP contribution in [-0.2, 0) is 0 Å². The second-order valence-corrected chi connectivity index (χ2v) is 4.46. The molecule has 2 aliphatic carbocycles. The molecule has 0 unspecified atom stereocenters. The molecule has 1 fully saturated rings. The molecular formula is C13H15N. The van der Waals surface area contributed by atoms with Gasteiger partial charge < -0.3 is 5.73 Å². The van der Waals surface area contributed by atoms with E-state index in [2.05, 4.69) is 42.5 Å². The molecule has 2 aliphatic rings. The molecule has 0 aromatic heterocycles. The van der Waals surface area contributed by atoms with Crippen molar-refractivity contribution >= 4 is 0 Å². The molecule has 0 amide bonds. The summed E-state index contributed by atoms with van der Waals surface area (Å²) < 4.78 is 0. The first-order valence-corrected chi connectivity index (χ1v) is 5.35. The molecule has 0 spiro atoms. The maximum atomic E-state index is 6.24. The van der Waals surface area contributed by atoms with Gasteiger partial charge in [-0.15, -0.1) is 0 Å². The van der Waals surface area contributed by atoms with Crippen molar-refractivity contribution < 1.29 is 0 Å². The van der Waals surface area contributed by atoms with Gasteiger partial charge in [-0.2, -0.15) is 0 Å². The first-order valence-electron chi connectivity index (χ1n) is 5.35. The Kier molecular flexibility index (Phi) is 1.74. The molecule has 2 bridgehead atoms. The van der Waals surface area contributed by atoms with Crippen molar-refractivity contribution in [2.24, 2.45) is 17.6 Å². The largest absolute Gasteiger partial charge is 0.327 e. The lowest BCUT2D eigenvalue weighted by Crippen LogP contribution is -2.31. The van der Waals surface area contributed by atoms with Crippen molar-refractivity contribution in [3.63, 3.8) is 0 Å². The smallest absolute Gasteiger partial charge is 0.0177 e. The fourth-order valence-electron chi connectivity index (χ4n) is 3.01. The summed E-state index contributed by atoms with van der Waals surface area (Å²) in [7, 11) is 0. The molecule has 4 atom stereocenters. The Hall–Kier alpha value is -1.08. The van der Waals surface area contributed by atoms with Crippen LogP contribution in [0.25, 0.3) is 0 Å². The van der Waals surface area contributed by atoms with Crippen LogP contribution in [-0.4, -0.2) is 6.04 Å². The summed E-state index contributed by atoms with van der Waals surface area (Å²) in [6, 6.07) is 11.0. The van der Waals surface area contributed by atoms with Crippen LogP contribution in [0.5, 0.6) is 0 Å². The van der Waals surface area contributed by atoms with Crippen molar-refractivity contribution in [2.45, 2.75) is 18.4 Å². The molecule has 0 saturated heterocycles. The Labute approximate surface area is 84.6 Å². The van der Waals surface area contributed by atoms with Crippen LogP contribution in [0.15, 0.2) is 42.5 Å². The van der Waals surface area contributed by atoms with Gasteiger partial charge in [0.25, 0.3) is 0 Å². The quantitative estimate of drug-likeness (QED) is 0.667. The predicted octanol–water partition coefficient (Wildman–Crippen LogP) is 2.30. The molecule has 1 nitrogen and oxygen atoms in total. The molecule has 14 heavy (non-hydrogen) atoms. The zero-order valence-electron chi connectivity index (χ0n) is 8.14. The lowest BCUT2D eigenvalue weighted by molar-refractivity contribution is 0.504. The standard InChI is InChI=1S/C13H15N/c14-13-11-7-6-10(8-11)12(13)9-4-2-1-3-5-9/h1-7,10-13H,8,14H2/t10-,11+,12+,13+/m1/s1. The summed E-state index contributed by atoms with van der Waals surface area (Å²) in [5.74, 6) is 1.88. The molecule has 1 heteroatoms. The fourth-order valence-corrected chi connectivity index (χ4v) is 3.01. The number of benzene rings is 1. The van der Waals surface area contributed by atoms with Crippen molar-refractivity contribution in [1.82, 2.24) is 0 Å². The van der Waals surface area contributed by atoms with E-state index in [4.69, 9.17) is 5.73 Å². The summed E-state index contributed by atoms with van der Waals surface area (Å²) in [6.45, 7) is 0. The molecule has 72 valence electrons. The number of nitrogens with two attached hydrogens (primary N) is 1. The summed E-state index contributed by atoms with van der Waals surface area (Å²) in [5.41, 5.74) is 7.66. The third kappa shape index (κ3) is 1.05. The lowest BCUT2D eigenvalue weighted by Gasteiger charge is -2.24. The first-order chi connectivity index (χ1) is 6.86. The SMILES string of the molecule is N[C@@H]1[C@@H](c2ccccc2)[C@@H]2C=C[C@H]1C2. The minimum atomic E-state index is 0.340. The molecular weight excluding hydrogens is 170 g/mol. The van der Waals surface area contributed by atoms with E-state index in [1.165, 1.54) is 12.0 Å². The highest BCUT2D eigenvalue weighted by atomic mass is 14.7. The van der Waals surface area contributed by atoms with Crippen molar-refractivity contribution in [3.05, 3.63) is 48.0 Å². The third-order valence-electron chi connectivity index (χ3n) is 3.70. The van der Waals surface area contributed by atoms with Gasteiger partial charge in [0.15, 0.2) is 0 Å². The van der Waals surface area contributed by atoms with Gasteiger partial charge in [-0.05, 0) is 23.8 Å². The Morgan fingerprint density at radius 3 is 2.36 bits per heavy atom. The van der Waals surface area contributed by atoms with E-state index in [1.54, 1.807) is 0 Å². The zero-order chi connectivity index (χ0) is 9.54. The van der Waals surface area contributed by atoms with Crippen molar-refractivity contribution in [1.29, 1.82) is 0 Å². The molecule has 0 heterocycles. The molecule has 1 aromatic carbocycles. The topological polar surface area (TPSA) is 26.0 Å². The molecule has 0 aliphatic heterocycles. The maximum absolute atomic E-state index is 6.24. The van der Waals surface area contributed by atoms with Crippen LogP contribution in [0.2, 0.25) is 0 Å². The van der Waals surface area contributed by atoms with Gasteiger partial charge in [0.1, 0.15) is 0 Å². The number of allylic oxidation sites excluding steroid dienone is 1. The van der Waals surface area contributed by atoms with E-state index < -0.39 is 0 Å². The Morgan fingerprint density at radius 2 is 1.71 bits per heavy atom. The molecule has 2 N–H and O–H groups in total. The van der Waals surface area contributed by atoms with E-state index in [0.717, 1.165) is 0 Å². The van der Waals surface area contributed by atoms with Gasteiger partial charge in [-0.3, -0.25) is 0 Å². The maximum Gasteiger partial charge on any atom is 0.0177 e. The van der Waals surface area contributed by atoms with Gasteiger partial charge in [0.2, 0.25) is 0 Å². The van der Waals surface area contributed by atoms with E-state index >= 15 is 0 Å². The highest BCUT2D eigenvalue weighted by Crippen LogP contribution is 2.47. The summed E-state index contributed by atoms with van der Waals surface area (Å²) in [5, 5.41) is 0. The summed E-state index contributed by atoms with van der Waals surface area (Å²) in [6.07, 6.45) is 5.92. The molecule has 0 radical (unpaired) electrons. The minimum Gasteiger partial charge on any atom is -0.327 e. The Morgan fingerprint density at radius 1 is 1.00 bits per heavy atom. The Bertz CT molecular complexity index is 355. The van der Waals surface area contributed by atoms with Gasteiger partial charge in [0.05, 0.1) is 0 Å². The predicted molar refractivity (Wildman–Crippen MR) is 57.9 cm³/mol. The molecule has 1 saturated carbocycles. The molecule has 1 aromatic rings. The van der Waals surface area contributed by atoms with Crippen LogP contribution >= 0.6 is 0 Å². The second-order valence-electron chi connectivity index (χ2n) is 4.46.